The molecule has 1 amide bonds. The summed E-state index contributed by atoms with van der Waals surface area (Å²) in [6.45, 7) is 0. The third-order valence-corrected chi connectivity index (χ3v) is 4.92. The zero-order valence-corrected chi connectivity index (χ0v) is 15.5. The summed E-state index contributed by atoms with van der Waals surface area (Å²) in [5.74, 6) is 3.14. The van der Waals surface area contributed by atoms with Crippen molar-refractivity contribution >= 4 is 39.2 Å². The molecular formula is C23H17N5O. The lowest BCUT2D eigenvalue weighted by Crippen LogP contribution is -2.25. The zero-order valence-electron chi connectivity index (χ0n) is 15.5. The van der Waals surface area contributed by atoms with E-state index in [-0.39, 0.29) is 5.91 Å². The van der Waals surface area contributed by atoms with Crippen LogP contribution in [-0.4, -0.2) is 26.9 Å². The Morgan fingerprint density at radius 3 is 2.86 bits per heavy atom. The Labute approximate surface area is 167 Å². The number of carbonyl (C=O) groups excluding carboxylic acids is 1. The Balaban J connectivity index is 1.62. The number of fused-ring (bicyclic) bond motifs is 3. The SMILES string of the molecule is C#Cc1cccc(Nc2nc3cc(C(=O)NC4CC4)ccc3c3cncnc23)c1. The highest BCUT2D eigenvalue weighted by Gasteiger charge is 2.24. The number of aromatic nitrogens is 3. The van der Waals surface area contributed by atoms with Crippen molar-refractivity contribution in [3.05, 3.63) is 66.1 Å². The number of hydrogen-bond acceptors (Lipinski definition) is 5. The highest BCUT2D eigenvalue weighted by atomic mass is 16.1. The van der Waals surface area contributed by atoms with Crippen molar-refractivity contribution in [1.29, 1.82) is 0 Å². The summed E-state index contributed by atoms with van der Waals surface area (Å²) in [4.78, 5) is 25.8. The number of pyridine rings is 1. The van der Waals surface area contributed by atoms with Crippen molar-refractivity contribution in [3.8, 4) is 12.3 Å². The van der Waals surface area contributed by atoms with Crippen molar-refractivity contribution in [2.75, 3.05) is 5.32 Å². The van der Waals surface area contributed by atoms with Crippen LogP contribution >= 0.6 is 0 Å². The van der Waals surface area contributed by atoms with Gasteiger partial charge < -0.3 is 10.6 Å². The lowest BCUT2D eigenvalue weighted by Gasteiger charge is -2.12. The minimum Gasteiger partial charge on any atom is -0.349 e. The van der Waals surface area contributed by atoms with Crippen molar-refractivity contribution in [3.63, 3.8) is 0 Å². The van der Waals surface area contributed by atoms with Gasteiger partial charge in [0.25, 0.3) is 5.91 Å². The minimum absolute atomic E-state index is 0.0724. The minimum atomic E-state index is -0.0724. The molecule has 0 bridgehead atoms. The quantitative estimate of drug-likeness (QED) is 0.416. The lowest BCUT2D eigenvalue weighted by atomic mass is 10.1. The molecule has 1 fully saturated rings. The molecule has 2 aromatic carbocycles. The molecule has 1 aliphatic rings. The molecule has 2 aromatic heterocycles. The monoisotopic (exact) mass is 379 g/mol. The fourth-order valence-corrected chi connectivity index (χ4v) is 3.29. The smallest absolute Gasteiger partial charge is 0.251 e. The van der Waals surface area contributed by atoms with E-state index >= 15 is 0 Å². The molecule has 0 aliphatic heterocycles. The van der Waals surface area contributed by atoms with Gasteiger partial charge in [-0.15, -0.1) is 6.42 Å². The first kappa shape index (κ1) is 17.1. The molecule has 2 heterocycles. The third-order valence-electron chi connectivity index (χ3n) is 4.92. The second kappa shape index (κ2) is 6.88. The lowest BCUT2D eigenvalue weighted by molar-refractivity contribution is 0.0951. The first-order chi connectivity index (χ1) is 14.2. The van der Waals surface area contributed by atoms with Gasteiger partial charge >= 0.3 is 0 Å². The van der Waals surface area contributed by atoms with Crippen LogP contribution in [0.25, 0.3) is 21.8 Å². The summed E-state index contributed by atoms with van der Waals surface area (Å²) >= 11 is 0. The van der Waals surface area contributed by atoms with Crippen LogP contribution in [0.5, 0.6) is 0 Å². The molecule has 0 radical (unpaired) electrons. The van der Waals surface area contributed by atoms with Crippen molar-refractivity contribution < 1.29 is 4.79 Å². The number of nitrogens with one attached hydrogen (secondary N) is 2. The van der Waals surface area contributed by atoms with E-state index in [0.717, 1.165) is 34.9 Å². The Morgan fingerprint density at radius 2 is 2.03 bits per heavy atom. The van der Waals surface area contributed by atoms with Gasteiger partial charge in [0.2, 0.25) is 0 Å². The van der Waals surface area contributed by atoms with Crippen LogP contribution in [0.3, 0.4) is 0 Å². The van der Waals surface area contributed by atoms with Crippen molar-refractivity contribution in [1.82, 2.24) is 20.3 Å². The number of rotatable bonds is 4. The van der Waals surface area contributed by atoms with E-state index in [1.54, 1.807) is 6.20 Å². The molecule has 1 aliphatic carbocycles. The van der Waals surface area contributed by atoms with Crippen LogP contribution in [0.15, 0.2) is 55.0 Å². The molecule has 0 saturated heterocycles. The molecule has 0 spiro atoms. The molecule has 29 heavy (non-hydrogen) atoms. The molecule has 6 heteroatoms. The van der Waals surface area contributed by atoms with Gasteiger partial charge in [-0.05, 0) is 43.2 Å². The van der Waals surface area contributed by atoms with E-state index in [0.29, 0.717) is 28.5 Å². The van der Waals surface area contributed by atoms with Gasteiger partial charge in [-0.1, -0.05) is 18.1 Å². The normalized spacial score (nSPS) is 13.2. The number of amides is 1. The number of anilines is 2. The van der Waals surface area contributed by atoms with Gasteiger partial charge in [0.1, 0.15) is 11.8 Å². The summed E-state index contributed by atoms with van der Waals surface area (Å²) in [6.07, 6.45) is 10.9. The standard InChI is InChI=1S/C23H17N5O/c1-2-14-4-3-5-17(10-14)26-22-21-19(12-24-13-25-21)18-9-6-15(11-20(18)28-22)23(29)27-16-7-8-16/h1,3-6,9-13,16H,7-8H2,(H,26,28)(H,27,29). The second-order valence-electron chi connectivity index (χ2n) is 7.08. The van der Waals surface area contributed by atoms with Crippen LogP contribution in [0.2, 0.25) is 0 Å². The fraction of sp³-hybridized carbons (Fsp3) is 0.130. The predicted molar refractivity (Wildman–Crippen MR) is 113 cm³/mol. The van der Waals surface area contributed by atoms with Crippen LogP contribution in [0.4, 0.5) is 11.5 Å². The largest absolute Gasteiger partial charge is 0.349 e. The van der Waals surface area contributed by atoms with Crippen LogP contribution < -0.4 is 10.6 Å². The van der Waals surface area contributed by atoms with Crippen molar-refractivity contribution in [2.45, 2.75) is 18.9 Å². The van der Waals surface area contributed by atoms with Gasteiger partial charge in [-0.25, -0.2) is 15.0 Å². The molecule has 0 unspecified atom stereocenters. The van der Waals surface area contributed by atoms with E-state index in [9.17, 15) is 4.79 Å². The van der Waals surface area contributed by atoms with E-state index in [2.05, 4.69) is 26.5 Å². The zero-order chi connectivity index (χ0) is 19.8. The van der Waals surface area contributed by atoms with Gasteiger partial charge in [-0.2, -0.15) is 0 Å². The molecule has 5 rings (SSSR count). The molecule has 6 nitrogen and oxygen atoms in total. The average molecular weight is 379 g/mol. The van der Waals surface area contributed by atoms with Crippen LogP contribution in [-0.2, 0) is 0 Å². The Morgan fingerprint density at radius 1 is 1.14 bits per heavy atom. The number of hydrogen-bond donors (Lipinski definition) is 2. The maximum absolute atomic E-state index is 12.5. The molecule has 4 aromatic rings. The molecule has 140 valence electrons. The average Bonchev–Trinajstić information content (AvgIpc) is 3.57. The number of carbonyl (C=O) groups is 1. The molecule has 1 saturated carbocycles. The highest BCUT2D eigenvalue weighted by Crippen LogP contribution is 2.30. The van der Waals surface area contributed by atoms with E-state index in [4.69, 9.17) is 11.4 Å². The summed E-state index contributed by atoms with van der Waals surface area (Å²) in [5, 5.41) is 8.08. The fourth-order valence-electron chi connectivity index (χ4n) is 3.29. The molecule has 2 N–H and O–H groups in total. The Kier molecular flexibility index (Phi) is 4.07. The van der Waals surface area contributed by atoms with Crippen LogP contribution in [0.1, 0.15) is 28.8 Å². The van der Waals surface area contributed by atoms with Gasteiger partial charge in [0.15, 0.2) is 5.82 Å². The summed E-state index contributed by atoms with van der Waals surface area (Å²) < 4.78 is 0. The van der Waals surface area contributed by atoms with Crippen LogP contribution in [0, 0.1) is 12.3 Å². The van der Waals surface area contributed by atoms with Gasteiger partial charge in [0.05, 0.1) is 5.52 Å². The first-order valence-corrected chi connectivity index (χ1v) is 9.39. The molecule has 0 atom stereocenters. The maximum Gasteiger partial charge on any atom is 0.251 e. The number of terminal acetylenes is 1. The van der Waals surface area contributed by atoms with Gasteiger partial charge in [-0.3, -0.25) is 4.79 Å². The third kappa shape index (κ3) is 3.34. The summed E-state index contributed by atoms with van der Waals surface area (Å²) in [5.41, 5.74) is 3.58. The highest BCUT2D eigenvalue weighted by molar-refractivity contribution is 6.10. The van der Waals surface area contributed by atoms with E-state index in [1.165, 1.54) is 6.33 Å². The predicted octanol–water partition coefficient (Wildman–Crippen LogP) is 3.80. The first-order valence-electron chi connectivity index (χ1n) is 9.39. The molecular weight excluding hydrogens is 362 g/mol. The summed E-state index contributed by atoms with van der Waals surface area (Å²) in [6, 6.07) is 13.4. The van der Waals surface area contributed by atoms with Gasteiger partial charge in [0, 0.05) is 39.8 Å². The summed E-state index contributed by atoms with van der Waals surface area (Å²) in [7, 11) is 0. The maximum atomic E-state index is 12.5. The van der Waals surface area contributed by atoms with Crippen molar-refractivity contribution in [2.24, 2.45) is 0 Å². The Hall–Kier alpha value is -3.98. The topological polar surface area (TPSA) is 79.8 Å². The number of benzene rings is 2. The number of nitrogens with zero attached hydrogens (tertiary/aromatic N) is 3. The second-order valence-corrected chi connectivity index (χ2v) is 7.08. The Bertz CT molecular complexity index is 1300. The van der Waals surface area contributed by atoms with E-state index in [1.807, 2.05) is 42.5 Å². The van der Waals surface area contributed by atoms with E-state index < -0.39 is 0 Å².